The Bertz CT molecular complexity index is 601. The van der Waals surface area contributed by atoms with Crippen LogP contribution in [0.25, 0.3) is 17.0 Å². The number of thioether (sulfide) groups is 1. The van der Waals surface area contributed by atoms with Crippen LogP contribution in [0.2, 0.25) is 0 Å². The summed E-state index contributed by atoms with van der Waals surface area (Å²) in [4.78, 5) is 21.5. The summed E-state index contributed by atoms with van der Waals surface area (Å²) in [7, 11) is 0. The first kappa shape index (κ1) is 11.6. The van der Waals surface area contributed by atoms with Gasteiger partial charge in [0.05, 0.1) is 6.26 Å². The predicted octanol–water partition coefficient (Wildman–Crippen LogP) is 4.41. The molecule has 0 unspecified atom stereocenters. The third kappa shape index (κ3) is 2.62. The molecule has 0 atom stereocenters. The minimum Gasteiger partial charge on any atom is -0.464 e. The van der Waals surface area contributed by atoms with Crippen LogP contribution >= 0.6 is 11.8 Å². The molecule has 4 nitrogen and oxygen atoms in total. The minimum atomic E-state index is -0.745. The molecule has 5 heteroatoms. The highest BCUT2D eigenvalue weighted by atomic mass is 32.2. The van der Waals surface area contributed by atoms with Gasteiger partial charge in [0.1, 0.15) is 5.58 Å². The highest BCUT2D eigenvalue weighted by Crippen LogP contribution is 2.25. The van der Waals surface area contributed by atoms with E-state index in [4.69, 9.17) is 4.42 Å². The van der Waals surface area contributed by atoms with E-state index < -0.39 is 5.24 Å². The van der Waals surface area contributed by atoms with Gasteiger partial charge in [-0.05, 0) is 35.7 Å². The fourth-order valence-corrected chi connectivity index (χ4v) is 2.03. The maximum atomic E-state index is 10.8. The molecule has 0 bridgehead atoms. The van der Waals surface area contributed by atoms with Gasteiger partial charge in [0.25, 0.3) is 0 Å². The van der Waals surface area contributed by atoms with Gasteiger partial charge in [0.2, 0.25) is 0 Å². The number of nitrogens with zero attached hydrogens (tertiary/aromatic N) is 1. The van der Waals surface area contributed by atoms with Crippen molar-refractivity contribution in [3.63, 3.8) is 0 Å². The number of nitroso groups, excluding NO2 is 1. The van der Waals surface area contributed by atoms with Gasteiger partial charge in [-0.25, -0.2) is 0 Å². The highest BCUT2D eigenvalue weighted by Gasteiger charge is 2.05. The van der Waals surface area contributed by atoms with Crippen LogP contribution in [0.3, 0.4) is 0 Å². The van der Waals surface area contributed by atoms with Crippen LogP contribution in [-0.4, -0.2) is 5.24 Å². The molecule has 86 valence electrons. The summed E-state index contributed by atoms with van der Waals surface area (Å²) < 4.78 is 5.36. The lowest BCUT2D eigenvalue weighted by Gasteiger charge is -1.98. The molecule has 0 aliphatic rings. The van der Waals surface area contributed by atoms with E-state index in [0.29, 0.717) is 4.91 Å². The van der Waals surface area contributed by atoms with Crippen LogP contribution in [0.1, 0.15) is 12.5 Å². The molecular formula is C12H9NO3S. The van der Waals surface area contributed by atoms with Crippen LogP contribution in [-0.2, 0) is 0 Å². The lowest BCUT2D eigenvalue weighted by atomic mass is 10.1. The molecule has 0 saturated heterocycles. The maximum absolute atomic E-state index is 10.8. The monoisotopic (exact) mass is 247 g/mol. The second-order valence-electron chi connectivity index (χ2n) is 3.40. The molecule has 0 aliphatic carbocycles. The van der Waals surface area contributed by atoms with Crippen molar-refractivity contribution in [1.82, 2.24) is 0 Å². The highest BCUT2D eigenvalue weighted by molar-refractivity contribution is 8.17. The number of fused-ring (bicyclic) bond motifs is 1. The minimum absolute atomic E-state index is 0.693. The maximum Gasteiger partial charge on any atom is 0.348 e. The number of hydrogen-bond donors (Lipinski definition) is 0. The largest absolute Gasteiger partial charge is 0.464 e. The molecule has 0 fully saturated rings. The second-order valence-corrected chi connectivity index (χ2v) is 4.60. The number of benzene rings is 1. The van der Waals surface area contributed by atoms with Crippen LogP contribution in [0.5, 0.6) is 0 Å². The van der Waals surface area contributed by atoms with Crippen molar-refractivity contribution in [2.75, 3.05) is 0 Å². The molecule has 0 radical (unpaired) electrons. The van der Waals surface area contributed by atoms with Crippen LogP contribution in [0, 0.1) is 4.91 Å². The summed E-state index contributed by atoms with van der Waals surface area (Å²) in [6, 6.07) is 7.60. The first-order valence-electron chi connectivity index (χ1n) is 4.90. The number of carbonyl (C=O) groups excluding carboxylic acids is 1. The Morgan fingerprint density at radius 2 is 2.24 bits per heavy atom. The summed E-state index contributed by atoms with van der Waals surface area (Å²) in [6.07, 6.45) is 3.40. The molecule has 0 N–H and O–H groups in total. The van der Waals surface area contributed by atoms with Crippen molar-refractivity contribution < 1.29 is 9.21 Å². The van der Waals surface area contributed by atoms with Crippen molar-refractivity contribution in [2.24, 2.45) is 5.18 Å². The number of carbonyl (C=O) groups is 1. The molecule has 0 spiro atoms. The summed E-state index contributed by atoms with van der Waals surface area (Å²) in [6.45, 7) is 1.75. The lowest BCUT2D eigenvalue weighted by molar-refractivity contribution is 0.267. The van der Waals surface area contributed by atoms with Gasteiger partial charge in [-0.3, -0.25) is 4.79 Å². The van der Waals surface area contributed by atoms with Crippen LogP contribution < -0.4 is 0 Å². The summed E-state index contributed by atoms with van der Waals surface area (Å²) in [5, 5.41) is 2.58. The number of para-hydroxylation sites is 1. The van der Waals surface area contributed by atoms with E-state index in [-0.39, 0.29) is 0 Å². The fraction of sp³-hybridized carbons (Fsp3) is 0.0833. The zero-order valence-corrected chi connectivity index (χ0v) is 9.86. The van der Waals surface area contributed by atoms with Gasteiger partial charge in [-0.15, -0.1) is 4.91 Å². The Balaban J connectivity index is 2.34. The molecule has 0 aliphatic heterocycles. The molecule has 2 rings (SSSR count). The summed E-state index contributed by atoms with van der Waals surface area (Å²) in [5.41, 5.74) is 1.63. The van der Waals surface area contributed by atoms with Gasteiger partial charge in [0, 0.05) is 16.1 Å². The van der Waals surface area contributed by atoms with E-state index in [2.05, 4.69) is 5.18 Å². The normalized spacial score (nSPS) is 11.7. The van der Waals surface area contributed by atoms with E-state index in [0.717, 1.165) is 28.3 Å². The Morgan fingerprint density at radius 3 is 3.00 bits per heavy atom. The molecule has 1 aromatic carbocycles. The quantitative estimate of drug-likeness (QED) is 0.737. The molecule has 2 aromatic rings. The van der Waals surface area contributed by atoms with E-state index in [1.807, 2.05) is 24.3 Å². The Kier molecular flexibility index (Phi) is 3.39. The number of furan rings is 1. The molecule has 1 heterocycles. The van der Waals surface area contributed by atoms with Gasteiger partial charge in [0.15, 0.2) is 0 Å². The Morgan fingerprint density at radius 1 is 1.41 bits per heavy atom. The van der Waals surface area contributed by atoms with E-state index in [1.165, 1.54) is 0 Å². The van der Waals surface area contributed by atoms with Crippen LogP contribution in [0.4, 0.5) is 4.79 Å². The average molecular weight is 247 g/mol. The third-order valence-corrected chi connectivity index (χ3v) is 2.88. The second kappa shape index (κ2) is 4.97. The van der Waals surface area contributed by atoms with Crippen molar-refractivity contribution in [2.45, 2.75) is 6.92 Å². The smallest absolute Gasteiger partial charge is 0.348 e. The molecule has 17 heavy (non-hydrogen) atoms. The molecule has 1 amide bonds. The standard InChI is InChI=1S/C12H9NO3S/c1-8(17-12(14)13-15)7-10-4-2-3-9-5-6-16-11(9)10/h2-7H,1H3/b8-7-. The number of rotatable bonds is 2. The van der Waals surface area contributed by atoms with Crippen molar-refractivity contribution in [1.29, 1.82) is 0 Å². The van der Waals surface area contributed by atoms with Gasteiger partial charge >= 0.3 is 5.24 Å². The van der Waals surface area contributed by atoms with Gasteiger partial charge < -0.3 is 4.42 Å². The van der Waals surface area contributed by atoms with Crippen molar-refractivity contribution in [3.05, 3.63) is 45.9 Å². The zero-order valence-electron chi connectivity index (χ0n) is 9.04. The van der Waals surface area contributed by atoms with Gasteiger partial charge in [-0.1, -0.05) is 18.2 Å². The summed E-state index contributed by atoms with van der Waals surface area (Å²) in [5.74, 6) is 0. The Labute approximate surface area is 102 Å². The van der Waals surface area contributed by atoms with Crippen molar-refractivity contribution >= 4 is 34.0 Å². The van der Waals surface area contributed by atoms with E-state index >= 15 is 0 Å². The first-order valence-corrected chi connectivity index (χ1v) is 5.72. The topological polar surface area (TPSA) is 59.6 Å². The predicted molar refractivity (Wildman–Crippen MR) is 68.6 cm³/mol. The van der Waals surface area contributed by atoms with Crippen molar-refractivity contribution in [3.8, 4) is 0 Å². The first-order chi connectivity index (χ1) is 8.20. The fourth-order valence-electron chi connectivity index (χ4n) is 1.53. The zero-order chi connectivity index (χ0) is 12.3. The van der Waals surface area contributed by atoms with E-state index in [9.17, 15) is 9.70 Å². The molecular weight excluding hydrogens is 238 g/mol. The number of allylic oxidation sites excluding steroid dienone is 1. The van der Waals surface area contributed by atoms with Gasteiger partial charge in [-0.2, -0.15) is 0 Å². The number of hydrogen-bond acceptors (Lipinski definition) is 4. The SMILES string of the molecule is C/C(=C/c1cccc2ccoc12)SC(=O)N=O. The molecule has 0 saturated carbocycles. The third-order valence-electron chi connectivity index (χ3n) is 2.19. The van der Waals surface area contributed by atoms with Crippen LogP contribution in [0.15, 0.2) is 45.0 Å². The number of amides is 1. The molecule has 1 aromatic heterocycles. The average Bonchev–Trinajstić information content (AvgIpc) is 2.78. The lowest BCUT2D eigenvalue weighted by Crippen LogP contribution is -1.80. The summed E-state index contributed by atoms with van der Waals surface area (Å²) >= 11 is 0.807. The van der Waals surface area contributed by atoms with E-state index in [1.54, 1.807) is 19.3 Å². The Hall–Kier alpha value is -1.88.